The van der Waals surface area contributed by atoms with Gasteiger partial charge in [-0.3, -0.25) is 4.99 Å². The Morgan fingerprint density at radius 1 is 1.67 bits per heavy atom. The normalized spacial score (nSPS) is 11.6. The van der Waals surface area contributed by atoms with Crippen molar-refractivity contribution >= 4 is 6.21 Å². The first-order valence-electron chi connectivity index (χ1n) is 4.27. The van der Waals surface area contributed by atoms with Crippen molar-refractivity contribution in [3.63, 3.8) is 0 Å². The third-order valence-electron chi connectivity index (χ3n) is 1.58. The van der Waals surface area contributed by atoms with Crippen LogP contribution in [0.15, 0.2) is 17.5 Å². The molecule has 0 atom stereocenters. The molecule has 1 heterocycles. The quantitative estimate of drug-likeness (QED) is 0.680. The van der Waals surface area contributed by atoms with E-state index in [1.165, 1.54) is 0 Å². The van der Waals surface area contributed by atoms with E-state index >= 15 is 0 Å². The van der Waals surface area contributed by atoms with Crippen LogP contribution in [0.5, 0.6) is 0 Å². The van der Waals surface area contributed by atoms with Gasteiger partial charge in [-0.1, -0.05) is 13.8 Å². The van der Waals surface area contributed by atoms with Crippen molar-refractivity contribution in [2.45, 2.75) is 20.3 Å². The SMILES string of the molecule is CC(C)CC/N=C/c1c[nH]cn1. The van der Waals surface area contributed by atoms with E-state index in [9.17, 15) is 0 Å². The Morgan fingerprint density at radius 2 is 2.50 bits per heavy atom. The van der Waals surface area contributed by atoms with E-state index in [0.717, 1.165) is 24.6 Å². The lowest BCUT2D eigenvalue weighted by Crippen LogP contribution is -1.91. The number of nitrogens with zero attached hydrogens (tertiary/aromatic N) is 2. The Morgan fingerprint density at radius 3 is 3.08 bits per heavy atom. The highest BCUT2D eigenvalue weighted by Crippen LogP contribution is 1.98. The topological polar surface area (TPSA) is 41.0 Å². The molecular weight excluding hydrogens is 150 g/mol. The predicted octanol–water partition coefficient (Wildman–Crippen LogP) is 1.87. The molecule has 0 fully saturated rings. The van der Waals surface area contributed by atoms with Gasteiger partial charge in [0.15, 0.2) is 0 Å². The highest BCUT2D eigenvalue weighted by molar-refractivity contribution is 5.76. The maximum atomic E-state index is 4.25. The lowest BCUT2D eigenvalue weighted by Gasteiger charge is -1.97. The van der Waals surface area contributed by atoms with E-state index < -0.39 is 0 Å². The summed E-state index contributed by atoms with van der Waals surface area (Å²) >= 11 is 0. The van der Waals surface area contributed by atoms with Gasteiger partial charge in [-0.05, 0) is 12.3 Å². The predicted molar refractivity (Wildman–Crippen MR) is 50.5 cm³/mol. The van der Waals surface area contributed by atoms with Crippen molar-refractivity contribution in [2.24, 2.45) is 10.9 Å². The average molecular weight is 165 g/mol. The lowest BCUT2D eigenvalue weighted by molar-refractivity contribution is 0.597. The fourth-order valence-electron chi connectivity index (χ4n) is 0.833. The molecule has 3 heteroatoms. The van der Waals surface area contributed by atoms with Gasteiger partial charge < -0.3 is 4.98 Å². The number of imidazole rings is 1. The van der Waals surface area contributed by atoms with Gasteiger partial charge in [0, 0.05) is 19.0 Å². The Kier molecular flexibility index (Phi) is 3.51. The maximum absolute atomic E-state index is 4.25. The molecule has 1 rings (SSSR count). The number of H-pyrrole nitrogens is 1. The van der Waals surface area contributed by atoms with Gasteiger partial charge >= 0.3 is 0 Å². The van der Waals surface area contributed by atoms with Crippen LogP contribution in [0.1, 0.15) is 26.0 Å². The summed E-state index contributed by atoms with van der Waals surface area (Å²) in [5.41, 5.74) is 0.902. The Hall–Kier alpha value is -1.12. The van der Waals surface area contributed by atoms with E-state index in [1.54, 1.807) is 12.5 Å². The number of hydrogen-bond donors (Lipinski definition) is 1. The van der Waals surface area contributed by atoms with E-state index in [2.05, 4.69) is 28.8 Å². The number of aromatic amines is 1. The van der Waals surface area contributed by atoms with Crippen LogP contribution in [0, 0.1) is 5.92 Å². The summed E-state index contributed by atoms with van der Waals surface area (Å²) in [4.78, 5) is 11.2. The van der Waals surface area contributed by atoms with Gasteiger partial charge in [-0.15, -0.1) is 0 Å². The minimum absolute atomic E-state index is 0.723. The van der Waals surface area contributed by atoms with Gasteiger partial charge in [0.1, 0.15) is 0 Å². The van der Waals surface area contributed by atoms with E-state index in [4.69, 9.17) is 0 Å². The summed E-state index contributed by atoms with van der Waals surface area (Å²) in [7, 11) is 0. The van der Waals surface area contributed by atoms with Crippen LogP contribution < -0.4 is 0 Å². The Balaban J connectivity index is 2.23. The first kappa shape index (κ1) is 8.97. The zero-order valence-electron chi connectivity index (χ0n) is 7.62. The van der Waals surface area contributed by atoms with Crippen LogP contribution in [0.4, 0.5) is 0 Å². The largest absolute Gasteiger partial charge is 0.351 e. The lowest BCUT2D eigenvalue weighted by atomic mass is 10.1. The molecule has 1 N–H and O–H groups in total. The first-order valence-corrected chi connectivity index (χ1v) is 4.27. The fraction of sp³-hybridized carbons (Fsp3) is 0.556. The zero-order valence-corrected chi connectivity index (χ0v) is 7.62. The minimum atomic E-state index is 0.723. The summed E-state index contributed by atoms with van der Waals surface area (Å²) in [6.45, 7) is 5.29. The second-order valence-electron chi connectivity index (χ2n) is 3.21. The maximum Gasteiger partial charge on any atom is 0.0985 e. The highest BCUT2D eigenvalue weighted by atomic mass is 14.9. The number of aliphatic imine (C=N–C) groups is 1. The van der Waals surface area contributed by atoms with Gasteiger partial charge in [0.2, 0.25) is 0 Å². The molecular formula is C9H15N3. The van der Waals surface area contributed by atoms with Crippen molar-refractivity contribution in [3.8, 4) is 0 Å². The second kappa shape index (κ2) is 4.70. The number of aromatic nitrogens is 2. The molecule has 12 heavy (non-hydrogen) atoms. The smallest absolute Gasteiger partial charge is 0.0985 e. The molecule has 0 aliphatic heterocycles. The molecule has 0 spiro atoms. The van der Waals surface area contributed by atoms with Crippen molar-refractivity contribution in [1.29, 1.82) is 0 Å². The van der Waals surface area contributed by atoms with Crippen LogP contribution in [0.3, 0.4) is 0 Å². The molecule has 0 saturated heterocycles. The third kappa shape index (κ3) is 3.32. The third-order valence-corrected chi connectivity index (χ3v) is 1.58. The molecule has 0 aliphatic rings. The molecule has 0 aromatic carbocycles. The van der Waals surface area contributed by atoms with Crippen molar-refractivity contribution in [2.75, 3.05) is 6.54 Å². The van der Waals surface area contributed by atoms with Gasteiger partial charge in [-0.25, -0.2) is 4.98 Å². The molecule has 3 nitrogen and oxygen atoms in total. The van der Waals surface area contributed by atoms with Crippen LogP contribution in [0.25, 0.3) is 0 Å². The molecule has 0 aliphatic carbocycles. The summed E-state index contributed by atoms with van der Waals surface area (Å²) in [6, 6.07) is 0. The number of nitrogens with one attached hydrogen (secondary N) is 1. The molecule has 0 saturated carbocycles. The highest BCUT2D eigenvalue weighted by Gasteiger charge is 1.91. The summed E-state index contributed by atoms with van der Waals surface area (Å²) in [5, 5.41) is 0. The summed E-state index contributed by atoms with van der Waals surface area (Å²) in [5.74, 6) is 0.723. The molecule has 66 valence electrons. The summed E-state index contributed by atoms with van der Waals surface area (Å²) < 4.78 is 0. The molecule has 0 radical (unpaired) electrons. The minimum Gasteiger partial charge on any atom is -0.351 e. The average Bonchev–Trinajstić information content (AvgIpc) is 2.49. The molecule has 1 aromatic rings. The van der Waals surface area contributed by atoms with Crippen LogP contribution in [-0.4, -0.2) is 22.7 Å². The Labute approximate surface area is 72.9 Å². The van der Waals surface area contributed by atoms with Crippen LogP contribution in [0.2, 0.25) is 0 Å². The fourth-order valence-corrected chi connectivity index (χ4v) is 0.833. The molecule has 0 unspecified atom stereocenters. The van der Waals surface area contributed by atoms with Gasteiger partial charge in [0.25, 0.3) is 0 Å². The van der Waals surface area contributed by atoms with Crippen molar-refractivity contribution in [3.05, 3.63) is 18.2 Å². The molecule has 0 bridgehead atoms. The number of rotatable bonds is 4. The standard InChI is InChI=1S/C9H15N3/c1-8(2)3-4-10-5-9-6-11-7-12-9/h5-8H,3-4H2,1-2H3,(H,11,12)/b10-5+. The summed E-state index contributed by atoms with van der Waals surface area (Å²) in [6.07, 6.45) is 6.43. The van der Waals surface area contributed by atoms with E-state index in [1.807, 2.05) is 6.20 Å². The van der Waals surface area contributed by atoms with Crippen molar-refractivity contribution < 1.29 is 0 Å². The monoisotopic (exact) mass is 165 g/mol. The molecule has 0 amide bonds. The molecule has 1 aromatic heterocycles. The van der Waals surface area contributed by atoms with Crippen molar-refractivity contribution in [1.82, 2.24) is 9.97 Å². The second-order valence-corrected chi connectivity index (χ2v) is 3.21. The van der Waals surface area contributed by atoms with E-state index in [0.29, 0.717) is 0 Å². The number of hydrogen-bond acceptors (Lipinski definition) is 2. The Bertz CT molecular complexity index is 224. The van der Waals surface area contributed by atoms with Gasteiger partial charge in [-0.2, -0.15) is 0 Å². The van der Waals surface area contributed by atoms with Gasteiger partial charge in [0.05, 0.1) is 12.0 Å². The van der Waals surface area contributed by atoms with Crippen LogP contribution in [-0.2, 0) is 0 Å². The first-order chi connectivity index (χ1) is 5.79. The van der Waals surface area contributed by atoms with E-state index in [-0.39, 0.29) is 0 Å². The van der Waals surface area contributed by atoms with Crippen LogP contribution >= 0.6 is 0 Å². The zero-order chi connectivity index (χ0) is 8.81.